The van der Waals surface area contributed by atoms with E-state index < -0.39 is 0 Å². The van der Waals surface area contributed by atoms with Crippen molar-refractivity contribution < 1.29 is 20.1 Å². The van der Waals surface area contributed by atoms with Crippen molar-refractivity contribution in [2.24, 2.45) is 0 Å². The summed E-state index contributed by atoms with van der Waals surface area (Å²) >= 11 is 0. The Labute approximate surface area is 180 Å². The van der Waals surface area contributed by atoms with Gasteiger partial charge in [0.15, 0.2) is 0 Å². The van der Waals surface area contributed by atoms with Gasteiger partial charge in [-0.15, -0.1) is 28.6 Å². The summed E-state index contributed by atoms with van der Waals surface area (Å²) in [5.74, 6) is 0. The average molecular weight is 545 g/mol. The minimum absolute atomic E-state index is 0. The van der Waals surface area contributed by atoms with Crippen molar-refractivity contribution in [3.63, 3.8) is 0 Å². The van der Waals surface area contributed by atoms with Crippen LogP contribution in [0, 0.1) is 19.9 Å². The molecule has 1 aliphatic rings. The first-order chi connectivity index (χ1) is 12.6. The molecular weight excluding hydrogens is 519 g/mol. The number of fused-ring (bicyclic) bond motifs is 3. The van der Waals surface area contributed by atoms with Crippen LogP contribution < -0.4 is 0 Å². The van der Waals surface area contributed by atoms with Crippen molar-refractivity contribution >= 4 is 32.4 Å². The van der Waals surface area contributed by atoms with Gasteiger partial charge in [0.05, 0.1) is 0 Å². The first-order valence-corrected chi connectivity index (χ1v) is 9.84. The third kappa shape index (κ3) is 2.38. The van der Waals surface area contributed by atoms with Gasteiger partial charge < -0.3 is 4.98 Å². The van der Waals surface area contributed by atoms with Gasteiger partial charge >= 0.3 is 0 Å². The molecule has 145 valence electrons. The minimum atomic E-state index is -0.0106. The fourth-order valence-electron chi connectivity index (χ4n) is 5.02. The summed E-state index contributed by atoms with van der Waals surface area (Å²) < 4.78 is 0. The molecule has 1 heterocycles. The van der Waals surface area contributed by atoms with E-state index in [1.165, 1.54) is 54.7 Å². The second kappa shape index (κ2) is 5.88. The van der Waals surface area contributed by atoms with Crippen LogP contribution in [-0.2, 0) is 30.9 Å². The number of aryl methyl sites for hydroxylation is 2. The molecule has 0 bridgehead atoms. The zero-order valence-electron chi connectivity index (χ0n) is 17.7. The number of hydrogen-bond acceptors (Lipinski definition) is 1. The molecule has 1 nitrogen and oxygen atoms in total. The Balaban J connectivity index is 0.00000192. The van der Waals surface area contributed by atoms with E-state index >= 15 is 0 Å². The number of pyridine rings is 1. The van der Waals surface area contributed by atoms with E-state index in [2.05, 4.69) is 78.8 Å². The molecule has 0 unspecified atom stereocenters. The topological polar surface area (TPSA) is 12.9 Å². The van der Waals surface area contributed by atoms with E-state index in [0.717, 1.165) is 5.52 Å². The monoisotopic (exact) mass is 545 g/mol. The maximum Gasteiger partial charge on any atom is 0.0164 e. The molecule has 0 saturated carbocycles. The molecule has 1 radical (unpaired) electrons. The summed E-state index contributed by atoms with van der Waals surface area (Å²) in [6.07, 6.45) is 1.98. The summed E-state index contributed by atoms with van der Waals surface area (Å²) in [5.41, 5.74) is 7.95. The van der Waals surface area contributed by atoms with Crippen molar-refractivity contribution in [3.05, 3.63) is 64.3 Å². The second-order valence-electron chi connectivity index (χ2n) is 9.79. The quantitative estimate of drug-likeness (QED) is 0.174. The van der Waals surface area contributed by atoms with Crippen LogP contribution in [0.15, 0.2) is 30.5 Å². The molecule has 0 N–H and O–H groups in total. The average Bonchev–Trinajstić information content (AvgIpc) is 2.81. The van der Waals surface area contributed by atoms with Crippen molar-refractivity contribution in [1.29, 1.82) is 0 Å². The molecule has 3 aromatic carbocycles. The van der Waals surface area contributed by atoms with Gasteiger partial charge in [0.2, 0.25) is 0 Å². The standard InChI is InChI=1S/C26H26N.Ir/c1-14-10-15(2)21-17-12-16(25(3,4)5)13-20-22(17)23-19(26(20,6)7)8-9-27-24(23)18(21)11-14;/h8-10,12-13H,1-7H3;/q-1;. The molecule has 28 heavy (non-hydrogen) atoms. The zero-order chi connectivity index (χ0) is 19.3. The molecule has 0 atom stereocenters. The van der Waals surface area contributed by atoms with Gasteiger partial charge in [-0.05, 0) is 44.5 Å². The smallest absolute Gasteiger partial charge is 0.0164 e. The van der Waals surface area contributed by atoms with Crippen molar-refractivity contribution in [2.75, 3.05) is 0 Å². The molecule has 0 fully saturated rings. The van der Waals surface area contributed by atoms with Gasteiger partial charge in [-0.25, -0.2) is 0 Å². The van der Waals surface area contributed by atoms with Gasteiger partial charge in [-0.2, -0.15) is 0 Å². The zero-order valence-corrected chi connectivity index (χ0v) is 20.1. The van der Waals surface area contributed by atoms with E-state index in [1.807, 2.05) is 6.20 Å². The predicted octanol–water partition coefficient (Wildman–Crippen LogP) is 6.89. The Morgan fingerprint density at radius 1 is 0.929 bits per heavy atom. The number of rotatable bonds is 0. The van der Waals surface area contributed by atoms with E-state index in [0.29, 0.717) is 0 Å². The fraction of sp³-hybridized carbons (Fsp3) is 0.346. The van der Waals surface area contributed by atoms with E-state index in [1.54, 1.807) is 0 Å². The molecule has 0 saturated heterocycles. The maximum atomic E-state index is 4.84. The molecule has 0 amide bonds. The molecule has 0 spiro atoms. The van der Waals surface area contributed by atoms with Gasteiger partial charge in [0, 0.05) is 31.7 Å². The minimum Gasteiger partial charge on any atom is -0.304 e. The van der Waals surface area contributed by atoms with Crippen LogP contribution in [0.2, 0.25) is 0 Å². The summed E-state index contributed by atoms with van der Waals surface area (Å²) in [6, 6.07) is 13.0. The van der Waals surface area contributed by atoms with Crippen LogP contribution in [0.25, 0.3) is 32.4 Å². The van der Waals surface area contributed by atoms with Crippen LogP contribution >= 0.6 is 0 Å². The molecule has 1 aromatic heterocycles. The maximum absolute atomic E-state index is 4.84. The summed E-state index contributed by atoms with van der Waals surface area (Å²) in [4.78, 5) is 4.84. The second-order valence-corrected chi connectivity index (χ2v) is 9.79. The fourth-order valence-corrected chi connectivity index (χ4v) is 5.02. The SMILES string of the molecule is Cc1[c-]c2c3nccc4c3c3c(cc(C(C)(C)C)cc3c2c(C)c1)C4(C)C.[Ir]. The third-order valence-electron chi connectivity index (χ3n) is 6.46. The first-order valence-electron chi connectivity index (χ1n) is 9.84. The third-order valence-corrected chi connectivity index (χ3v) is 6.46. The Morgan fingerprint density at radius 3 is 2.32 bits per heavy atom. The van der Waals surface area contributed by atoms with Crippen LogP contribution in [-0.4, -0.2) is 4.98 Å². The molecule has 1 aliphatic carbocycles. The van der Waals surface area contributed by atoms with Gasteiger partial charge in [-0.3, -0.25) is 0 Å². The normalized spacial score (nSPS) is 15.0. The number of aromatic nitrogens is 1. The number of hydrogen-bond donors (Lipinski definition) is 0. The van der Waals surface area contributed by atoms with Crippen LogP contribution in [0.4, 0.5) is 0 Å². The van der Waals surface area contributed by atoms with Gasteiger partial charge in [0.25, 0.3) is 0 Å². The predicted molar refractivity (Wildman–Crippen MR) is 116 cm³/mol. The molecule has 5 rings (SSSR count). The van der Waals surface area contributed by atoms with E-state index in [-0.39, 0.29) is 30.9 Å². The Bertz CT molecular complexity index is 1290. The first kappa shape index (κ1) is 19.6. The van der Waals surface area contributed by atoms with E-state index in [4.69, 9.17) is 4.98 Å². The Hall–Kier alpha value is -1.76. The molecule has 4 aromatic rings. The molecule has 0 aliphatic heterocycles. The van der Waals surface area contributed by atoms with Crippen LogP contribution in [0.1, 0.15) is 62.4 Å². The van der Waals surface area contributed by atoms with Crippen molar-refractivity contribution in [2.45, 2.75) is 59.3 Å². The van der Waals surface area contributed by atoms with Crippen LogP contribution in [0.5, 0.6) is 0 Å². The van der Waals surface area contributed by atoms with Gasteiger partial charge in [-0.1, -0.05) is 71.4 Å². The van der Waals surface area contributed by atoms with Crippen LogP contribution in [0.3, 0.4) is 0 Å². The molecule has 2 heteroatoms. The van der Waals surface area contributed by atoms with Crippen molar-refractivity contribution in [3.8, 4) is 0 Å². The Morgan fingerprint density at radius 2 is 1.64 bits per heavy atom. The summed E-state index contributed by atoms with van der Waals surface area (Å²) in [7, 11) is 0. The van der Waals surface area contributed by atoms with Crippen molar-refractivity contribution in [1.82, 2.24) is 4.98 Å². The Kier molecular flexibility index (Phi) is 4.10. The largest absolute Gasteiger partial charge is 0.304 e. The number of benzene rings is 3. The van der Waals surface area contributed by atoms with E-state index in [9.17, 15) is 0 Å². The molecular formula is C26H26IrN-. The number of nitrogens with zero attached hydrogens (tertiary/aromatic N) is 1. The summed E-state index contributed by atoms with van der Waals surface area (Å²) in [5, 5.41) is 6.60. The summed E-state index contributed by atoms with van der Waals surface area (Å²) in [6.45, 7) is 16.0. The van der Waals surface area contributed by atoms with Gasteiger partial charge in [0.1, 0.15) is 0 Å².